The molecular weight excluding hydrogens is 152 g/mol. The molecule has 0 saturated carbocycles. The van der Waals surface area contributed by atoms with Crippen LogP contribution in [0.2, 0.25) is 0 Å². The zero-order valence-corrected chi connectivity index (χ0v) is 6.97. The normalized spacial score (nSPS) is 16.0. The van der Waals surface area contributed by atoms with E-state index in [1.54, 1.807) is 6.92 Å². The second kappa shape index (κ2) is 4.57. The number of rotatable bonds is 3. The van der Waals surface area contributed by atoms with Crippen LogP contribution in [0.4, 0.5) is 0 Å². The summed E-state index contributed by atoms with van der Waals surface area (Å²) in [7, 11) is 0. The molecule has 0 fully saturated rings. The molecule has 10 heavy (non-hydrogen) atoms. The summed E-state index contributed by atoms with van der Waals surface area (Å²) in [6.45, 7) is 3.53. The molecular formula is C6H12O3S. The van der Waals surface area contributed by atoms with E-state index >= 15 is 0 Å². The van der Waals surface area contributed by atoms with Gasteiger partial charge in [-0.2, -0.15) is 12.6 Å². The van der Waals surface area contributed by atoms with Gasteiger partial charge in [-0.15, -0.1) is 0 Å². The van der Waals surface area contributed by atoms with Gasteiger partial charge in [-0.3, -0.25) is 4.79 Å². The minimum atomic E-state index is -0.762. The molecule has 0 amide bonds. The Kier molecular flexibility index (Phi) is 4.47. The van der Waals surface area contributed by atoms with Crippen LogP contribution in [0.15, 0.2) is 0 Å². The molecule has 4 heteroatoms. The average molecular weight is 164 g/mol. The molecule has 0 aromatic rings. The molecule has 0 aliphatic heterocycles. The van der Waals surface area contributed by atoms with Gasteiger partial charge < -0.3 is 9.84 Å². The van der Waals surface area contributed by atoms with Crippen molar-refractivity contribution in [3.63, 3.8) is 0 Å². The summed E-state index contributed by atoms with van der Waals surface area (Å²) in [5.74, 6) is -0.471. The lowest BCUT2D eigenvalue weighted by Gasteiger charge is -2.11. The van der Waals surface area contributed by atoms with Crippen molar-refractivity contribution < 1.29 is 14.6 Å². The number of hydrogen-bond donors (Lipinski definition) is 2. The second-order valence-corrected chi connectivity index (χ2v) is 2.49. The molecule has 0 aliphatic carbocycles. The highest BCUT2D eigenvalue weighted by Crippen LogP contribution is 2.03. The van der Waals surface area contributed by atoms with E-state index in [0.29, 0.717) is 6.61 Å². The van der Waals surface area contributed by atoms with Crippen molar-refractivity contribution >= 4 is 18.6 Å². The van der Waals surface area contributed by atoms with Gasteiger partial charge in [-0.1, -0.05) is 0 Å². The minimum Gasteiger partial charge on any atom is -0.465 e. The molecule has 0 spiro atoms. The highest BCUT2D eigenvalue weighted by Gasteiger charge is 2.19. The monoisotopic (exact) mass is 164 g/mol. The van der Waals surface area contributed by atoms with E-state index in [4.69, 9.17) is 5.11 Å². The first-order valence-corrected chi connectivity index (χ1v) is 3.64. The number of aliphatic hydroxyl groups excluding tert-OH is 1. The third-order valence-corrected chi connectivity index (χ3v) is 1.63. The average Bonchev–Trinajstić information content (AvgIpc) is 1.87. The van der Waals surface area contributed by atoms with Crippen molar-refractivity contribution in [1.29, 1.82) is 0 Å². The van der Waals surface area contributed by atoms with E-state index in [1.165, 1.54) is 6.92 Å². The summed E-state index contributed by atoms with van der Waals surface area (Å²) >= 11 is 3.83. The van der Waals surface area contributed by atoms with Crippen molar-refractivity contribution in [1.82, 2.24) is 0 Å². The summed E-state index contributed by atoms with van der Waals surface area (Å²) in [6.07, 6.45) is -0.762. The van der Waals surface area contributed by atoms with Crippen LogP contribution >= 0.6 is 12.6 Å². The lowest BCUT2D eigenvalue weighted by Crippen LogP contribution is -2.28. The van der Waals surface area contributed by atoms with Crippen LogP contribution in [0.3, 0.4) is 0 Å². The Bertz CT molecular complexity index is 114. The van der Waals surface area contributed by atoms with E-state index in [2.05, 4.69) is 17.4 Å². The fourth-order valence-electron chi connectivity index (χ4n) is 0.425. The van der Waals surface area contributed by atoms with Gasteiger partial charge in [0.25, 0.3) is 0 Å². The van der Waals surface area contributed by atoms with Crippen LogP contribution in [-0.2, 0) is 9.53 Å². The molecule has 0 aliphatic rings. The molecule has 0 bridgehead atoms. The third kappa shape index (κ3) is 3.08. The van der Waals surface area contributed by atoms with Gasteiger partial charge in [-0.05, 0) is 13.8 Å². The number of thiol groups is 1. The SMILES string of the molecule is CCOC(=O)[C@H](S)[C@@H](C)O. The summed E-state index contributed by atoms with van der Waals surface area (Å²) in [6, 6.07) is 0. The number of aliphatic hydroxyl groups is 1. The lowest BCUT2D eigenvalue weighted by atomic mass is 10.3. The van der Waals surface area contributed by atoms with Gasteiger partial charge >= 0.3 is 5.97 Å². The molecule has 0 unspecified atom stereocenters. The maximum atomic E-state index is 10.7. The van der Waals surface area contributed by atoms with Gasteiger partial charge in [0.2, 0.25) is 0 Å². The van der Waals surface area contributed by atoms with Gasteiger partial charge in [0.1, 0.15) is 5.25 Å². The molecule has 0 aromatic heterocycles. The van der Waals surface area contributed by atoms with Gasteiger partial charge in [0, 0.05) is 0 Å². The lowest BCUT2D eigenvalue weighted by molar-refractivity contribution is -0.144. The van der Waals surface area contributed by atoms with E-state index in [0.717, 1.165) is 0 Å². The van der Waals surface area contributed by atoms with Crippen LogP contribution in [0.5, 0.6) is 0 Å². The number of esters is 1. The Hall–Kier alpha value is -0.220. The molecule has 2 atom stereocenters. The van der Waals surface area contributed by atoms with Crippen LogP contribution < -0.4 is 0 Å². The maximum absolute atomic E-state index is 10.7. The summed E-state index contributed by atoms with van der Waals surface area (Å²) in [4.78, 5) is 10.7. The highest BCUT2D eigenvalue weighted by atomic mass is 32.1. The predicted octanol–water partition coefficient (Wildman–Crippen LogP) is 0.229. The smallest absolute Gasteiger partial charge is 0.321 e. The molecule has 60 valence electrons. The number of carbonyl (C=O) groups excluding carboxylic acids is 1. The fourth-order valence-corrected chi connectivity index (χ4v) is 0.499. The second-order valence-electron chi connectivity index (χ2n) is 1.94. The van der Waals surface area contributed by atoms with E-state index in [-0.39, 0.29) is 0 Å². The van der Waals surface area contributed by atoms with E-state index < -0.39 is 17.3 Å². The van der Waals surface area contributed by atoms with E-state index in [9.17, 15) is 4.79 Å². The number of carbonyl (C=O) groups is 1. The molecule has 3 nitrogen and oxygen atoms in total. The largest absolute Gasteiger partial charge is 0.465 e. The topological polar surface area (TPSA) is 46.5 Å². The zero-order valence-electron chi connectivity index (χ0n) is 6.07. The summed E-state index contributed by atoms with van der Waals surface area (Å²) in [5.41, 5.74) is 0. The molecule has 0 saturated heterocycles. The first kappa shape index (κ1) is 9.78. The highest BCUT2D eigenvalue weighted by molar-refractivity contribution is 7.81. The Morgan fingerprint density at radius 2 is 2.30 bits per heavy atom. The Morgan fingerprint density at radius 1 is 1.80 bits per heavy atom. The van der Waals surface area contributed by atoms with Crippen molar-refractivity contribution in [3.05, 3.63) is 0 Å². The molecule has 0 aromatic carbocycles. The summed E-state index contributed by atoms with van der Waals surface area (Å²) in [5, 5.41) is 8.12. The Balaban J connectivity index is 3.71. The van der Waals surface area contributed by atoms with Crippen molar-refractivity contribution in [2.45, 2.75) is 25.2 Å². The third-order valence-electron chi connectivity index (χ3n) is 0.985. The predicted molar refractivity (Wildman–Crippen MR) is 41.1 cm³/mol. The molecule has 0 rings (SSSR count). The van der Waals surface area contributed by atoms with Crippen molar-refractivity contribution in [3.8, 4) is 0 Å². The van der Waals surface area contributed by atoms with Crippen LogP contribution in [-0.4, -0.2) is 29.0 Å². The van der Waals surface area contributed by atoms with Crippen LogP contribution in [0.25, 0.3) is 0 Å². The van der Waals surface area contributed by atoms with Gasteiger partial charge in [-0.25, -0.2) is 0 Å². The van der Waals surface area contributed by atoms with Gasteiger partial charge in [0.15, 0.2) is 0 Å². The standard InChI is InChI=1S/C6H12O3S/c1-3-9-6(8)5(10)4(2)7/h4-5,7,10H,3H2,1-2H3/t4-,5-/m1/s1. The molecule has 1 N–H and O–H groups in total. The summed E-state index contributed by atoms with van der Waals surface area (Å²) < 4.78 is 4.59. The Morgan fingerprint density at radius 3 is 2.60 bits per heavy atom. The first-order valence-electron chi connectivity index (χ1n) is 3.12. The molecule has 0 radical (unpaired) electrons. The number of hydrogen-bond acceptors (Lipinski definition) is 4. The Labute approximate surface area is 65.8 Å². The number of ether oxygens (including phenoxy) is 1. The van der Waals surface area contributed by atoms with Crippen molar-refractivity contribution in [2.75, 3.05) is 6.61 Å². The van der Waals surface area contributed by atoms with E-state index in [1.807, 2.05) is 0 Å². The minimum absolute atomic E-state index is 0.322. The van der Waals surface area contributed by atoms with Crippen LogP contribution in [0, 0.1) is 0 Å². The zero-order chi connectivity index (χ0) is 8.15. The quantitative estimate of drug-likeness (QED) is 0.463. The van der Waals surface area contributed by atoms with Crippen LogP contribution in [0.1, 0.15) is 13.8 Å². The van der Waals surface area contributed by atoms with Gasteiger partial charge in [0.05, 0.1) is 12.7 Å². The fraction of sp³-hybridized carbons (Fsp3) is 0.833. The molecule has 0 heterocycles. The maximum Gasteiger partial charge on any atom is 0.321 e. The van der Waals surface area contributed by atoms with Crippen molar-refractivity contribution in [2.24, 2.45) is 0 Å². The first-order chi connectivity index (χ1) is 4.59.